The summed E-state index contributed by atoms with van der Waals surface area (Å²) in [5, 5.41) is 5.40. The average molecular weight is 260 g/mol. The third-order valence-corrected chi connectivity index (χ3v) is 3.09. The second-order valence-electron chi connectivity index (χ2n) is 4.79. The van der Waals surface area contributed by atoms with Crippen molar-refractivity contribution in [2.24, 2.45) is 10.7 Å². The molecule has 0 radical (unpaired) electrons. The molecule has 1 aliphatic rings. The van der Waals surface area contributed by atoms with E-state index in [-0.39, 0.29) is 12.0 Å². The molecule has 1 aromatic carbocycles. The average Bonchev–Trinajstić information content (AvgIpc) is 3.15. The number of urea groups is 1. The van der Waals surface area contributed by atoms with Gasteiger partial charge in [0.15, 0.2) is 5.96 Å². The second-order valence-corrected chi connectivity index (χ2v) is 4.79. The van der Waals surface area contributed by atoms with Gasteiger partial charge in [0, 0.05) is 5.69 Å². The Morgan fingerprint density at radius 2 is 2.21 bits per heavy atom. The van der Waals surface area contributed by atoms with Crippen molar-refractivity contribution in [3.05, 3.63) is 29.3 Å². The van der Waals surface area contributed by atoms with Crippen LogP contribution in [-0.2, 0) is 6.42 Å². The van der Waals surface area contributed by atoms with Crippen molar-refractivity contribution >= 4 is 17.7 Å². The third-order valence-electron chi connectivity index (χ3n) is 3.09. The monoisotopic (exact) mass is 260 g/mol. The first-order valence-corrected chi connectivity index (χ1v) is 6.60. The standard InChI is InChI=1S/C14H20N4O/c1-3-10-6-4-5-9(2)12(10)17-14(19)18-13(15)16-11-7-8-11/h4-6,11H,3,7-8H2,1-2H3,(H4,15,16,17,18,19). The van der Waals surface area contributed by atoms with Crippen LogP contribution in [0.1, 0.15) is 30.9 Å². The zero-order valence-corrected chi connectivity index (χ0v) is 11.4. The van der Waals surface area contributed by atoms with Crippen LogP contribution in [0, 0.1) is 6.92 Å². The van der Waals surface area contributed by atoms with Gasteiger partial charge in [-0.25, -0.2) is 9.79 Å². The number of amides is 2. The van der Waals surface area contributed by atoms with Crippen LogP contribution in [0.2, 0.25) is 0 Å². The highest BCUT2D eigenvalue weighted by Gasteiger charge is 2.21. The zero-order valence-electron chi connectivity index (χ0n) is 11.4. The van der Waals surface area contributed by atoms with Crippen LogP contribution in [0.15, 0.2) is 23.2 Å². The van der Waals surface area contributed by atoms with Gasteiger partial charge >= 0.3 is 6.03 Å². The third kappa shape index (κ3) is 3.71. The summed E-state index contributed by atoms with van der Waals surface area (Å²) in [6.45, 7) is 4.02. The number of aliphatic imine (C=N–C) groups is 1. The summed E-state index contributed by atoms with van der Waals surface area (Å²) in [6.07, 6.45) is 2.98. The highest BCUT2D eigenvalue weighted by Crippen LogP contribution is 2.23. The number of hydrogen-bond donors (Lipinski definition) is 3. The highest BCUT2D eigenvalue weighted by molar-refractivity contribution is 6.02. The van der Waals surface area contributed by atoms with Gasteiger partial charge in [0.1, 0.15) is 0 Å². The maximum absolute atomic E-state index is 11.9. The van der Waals surface area contributed by atoms with E-state index in [2.05, 4.69) is 22.5 Å². The number of carbonyl (C=O) groups is 1. The Kier molecular flexibility index (Phi) is 4.04. The van der Waals surface area contributed by atoms with Crippen LogP contribution < -0.4 is 16.4 Å². The lowest BCUT2D eigenvalue weighted by Crippen LogP contribution is -2.40. The molecule has 4 N–H and O–H groups in total. The SMILES string of the molecule is CCc1cccc(C)c1NC(=O)NC(N)=NC1CC1. The Morgan fingerprint density at radius 3 is 2.84 bits per heavy atom. The fourth-order valence-corrected chi connectivity index (χ4v) is 1.90. The van der Waals surface area contributed by atoms with E-state index in [0.29, 0.717) is 6.04 Å². The van der Waals surface area contributed by atoms with Crippen LogP contribution in [0.4, 0.5) is 10.5 Å². The van der Waals surface area contributed by atoms with E-state index in [9.17, 15) is 4.79 Å². The second kappa shape index (κ2) is 5.73. The molecule has 2 rings (SSSR count). The Hall–Kier alpha value is -2.04. The lowest BCUT2D eigenvalue weighted by atomic mass is 10.1. The Balaban J connectivity index is 2.02. The van der Waals surface area contributed by atoms with E-state index in [1.165, 1.54) is 0 Å². The van der Waals surface area contributed by atoms with Crippen molar-refractivity contribution in [1.29, 1.82) is 0 Å². The minimum absolute atomic E-state index is 0.187. The zero-order chi connectivity index (χ0) is 13.8. The predicted molar refractivity (Wildman–Crippen MR) is 77.4 cm³/mol. The summed E-state index contributed by atoms with van der Waals surface area (Å²) in [5.41, 5.74) is 8.64. The summed E-state index contributed by atoms with van der Waals surface area (Å²) in [5.74, 6) is 0.187. The van der Waals surface area contributed by atoms with E-state index in [0.717, 1.165) is 36.1 Å². The van der Waals surface area contributed by atoms with Crippen molar-refractivity contribution in [2.45, 2.75) is 39.2 Å². The molecular weight excluding hydrogens is 240 g/mol. The van der Waals surface area contributed by atoms with Gasteiger partial charge in [-0.1, -0.05) is 25.1 Å². The molecule has 19 heavy (non-hydrogen) atoms. The van der Waals surface area contributed by atoms with Gasteiger partial charge in [0.25, 0.3) is 0 Å². The van der Waals surface area contributed by atoms with Crippen molar-refractivity contribution < 1.29 is 4.79 Å². The summed E-state index contributed by atoms with van der Waals surface area (Å²) < 4.78 is 0. The first kappa shape index (κ1) is 13.4. The van der Waals surface area contributed by atoms with Gasteiger partial charge in [0.2, 0.25) is 0 Å². The number of carbonyl (C=O) groups excluding carboxylic acids is 1. The molecule has 0 aliphatic heterocycles. The van der Waals surface area contributed by atoms with Gasteiger partial charge in [-0.15, -0.1) is 0 Å². The van der Waals surface area contributed by atoms with Crippen molar-refractivity contribution in [3.8, 4) is 0 Å². The van der Waals surface area contributed by atoms with Gasteiger partial charge in [-0.2, -0.15) is 0 Å². The molecule has 0 unspecified atom stereocenters. The van der Waals surface area contributed by atoms with Gasteiger partial charge in [0.05, 0.1) is 6.04 Å². The number of anilines is 1. The van der Waals surface area contributed by atoms with Crippen LogP contribution in [0.3, 0.4) is 0 Å². The van der Waals surface area contributed by atoms with Crippen molar-refractivity contribution in [2.75, 3.05) is 5.32 Å². The molecule has 0 saturated heterocycles. The number of nitrogens with two attached hydrogens (primary N) is 1. The van der Waals surface area contributed by atoms with Gasteiger partial charge in [-0.05, 0) is 37.3 Å². The molecule has 0 heterocycles. The maximum Gasteiger partial charge on any atom is 0.326 e. The number of para-hydroxylation sites is 1. The first-order valence-electron chi connectivity index (χ1n) is 6.60. The fourth-order valence-electron chi connectivity index (χ4n) is 1.90. The number of aryl methyl sites for hydroxylation is 2. The summed E-state index contributed by atoms with van der Waals surface area (Å²) in [7, 11) is 0. The number of guanidine groups is 1. The molecule has 5 heteroatoms. The molecule has 1 aromatic rings. The first-order chi connectivity index (χ1) is 9.10. The van der Waals surface area contributed by atoms with Crippen molar-refractivity contribution in [1.82, 2.24) is 5.32 Å². The molecule has 0 bridgehead atoms. The number of nitrogens with one attached hydrogen (secondary N) is 2. The molecule has 0 aromatic heterocycles. The normalized spacial score (nSPS) is 15.2. The molecule has 5 nitrogen and oxygen atoms in total. The molecule has 1 saturated carbocycles. The summed E-state index contributed by atoms with van der Waals surface area (Å²) >= 11 is 0. The molecule has 1 aliphatic carbocycles. The minimum atomic E-state index is -0.342. The number of rotatable bonds is 3. The molecule has 102 valence electrons. The quantitative estimate of drug-likeness (QED) is 0.575. The summed E-state index contributed by atoms with van der Waals surface area (Å²) in [4.78, 5) is 16.0. The Labute approximate surface area is 113 Å². The lowest BCUT2D eigenvalue weighted by molar-refractivity contribution is 0.256. The number of hydrogen-bond acceptors (Lipinski definition) is 2. The highest BCUT2D eigenvalue weighted by atomic mass is 16.2. The van der Waals surface area contributed by atoms with Crippen LogP contribution in [0.25, 0.3) is 0 Å². The number of benzene rings is 1. The Morgan fingerprint density at radius 1 is 1.47 bits per heavy atom. The molecule has 1 fully saturated rings. The van der Waals surface area contributed by atoms with E-state index in [4.69, 9.17) is 5.73 Å². The van der Waals surface area contributed by atoms with E-state index >= 15 is 0 Å². The fraction of sp³-hybridized carbons (Fsp3) is 0.429. The largest absolute Gasteiger partial charge is 0.370 e. The van der Waals surface area contributed by atoms with Gasteiger partial charge < -0.3 is 11.1 Å². The van der Waals surface area contributed by atoms with Crippen LogP contribution >= 0.6 is 0 Å². The minimum Gasteiger partial charge on any atom is -0.370 e. The topological polar surface area (TPSA) is 79.5 Å². The van der Waals surface area contributed by atoms with Crippen LogP contribution in [-0.4, -0.2) is 18.0 Å². The Bertz CT molecular complexity index is 506. The van der Waals surface area contributed by atoms with Crippen molar-refractivity contribution in [3.63, 3.8) is 0 Å². The lowest BCUT2D eigenvalue weighted by Gasteiger charge is -2.13. The van der Waals surface area contributed by atoms with Crippen LogP contribution in [0.5, 0.6) is 0 Å². The van der Waals surface area contributed by atoms with E-state index < -0.39 is 0 Å². The molecule has 0 spiro atoms. The molecule has 2 amide bonds. The maximum atomic E-state index is 11.9. The van der Waals surface area contributed by atoms with E-state index in [1.807, 2.05) is 25.1 Å². The number of nitrogens with zero attached hydrogens (tertiary/aromatic N) is 1. The van der Waals surface area contributed by atoms with E-state index in [1.54, 1.807) is 0 Å². The molecular formula is C14H20N4O. The van der Waals surface area contributed by atoms with Gasteiger partial charge in [-0.3, -0.25) is 5.32 Å². The molecule has 0 atom stereocenters. The predicted octanol–water partition coefficient (Wildman–Crippen LogP) is 2.16. The smallest absolute Gasteiger partial charge is 0.326 e. The summed E-state index contributed by atoms with van der Waals surface area (Å²) in [6, 6.07) is 5.91.